The number of para-hydroxylation sites is 2. The van der Waals surface area contributed by atoms with E-state index in [1.54, 1.807) is 36.4 Å². The number of hydrogen-bond acceptors (Lipinski definition) is 4. The van der Waals surface area contributed by atoms with E-state index in [9.17, 15) is 15.2 Å². The number of carbonyl (C=O) groups is 1. The van der Waals surface area contributed by atoms with E-state index in [1.165, 1.54) is 6.08 Å². The number of anilines is 1. The number of carbonyl (C=O) groups excluding carboxylic acids is 1. The van der Waals surface area contributed by atoms with Crippen molar-refractivity contribution in [1.82, 2.24) is 0 Å². The Morgan fingerprint density at radius 3 is 2.56 bits per heavy atom. The van der Waals surface area contributed by atoms with E-state index in [0.29, 0.717) is 32.6 Å². The molecule has 2 N–H and O–H groups in total. The van der Waals surface area contributed by atoms with Crippen LogP contribution in [0.15, 0.2) is 50.9 Å². The number of amides is 1. The second-order valence-corrected chi connectivity index (χ2v) is 6.59. The highest BCUT2D eigenvalue weighted by atomic mass is 79.9. The summed E-state index contributed by atoms with van der Waals surface area (Å²) in [4.78, 5) is 12.4. The summed E-state index contributed by atoms with van der Waals surface area (Å²) in [7, 11) is 0. The van der Waals surface area contributed by atoms with Gasteiger partial charge >= 0.3 is 0 Å². The molecule has 0 aromatic heterocycles. The number of halogens is 2. The second kappa shape index (κ2) is 8.70. The average Bonchev–Trinajstić information content (AvgIpc) is 2.59. The van der Waals surface area contributed by atoms with Gasteiger partial charge in [0.05, 0.1) is 21.2 Å². The molecular weight excluding hydrogens is 452 g/mol. The molecule has 0 unspecified atom stereocenters. The van der Waals surface area contributed by atoms with Crippen LogP contribution in [0.25, 0.3) is 6.08 Å². The molecule has 0 saturated carbocycles. The van der Waals surface area contributed by atoms with Crippen molar-refractivity contribution in [2.75, 3.05) is 11.9 Å². The number of phenols is 1. The number of hydrogen-bond donors (Lipinski definition) is 2. The highest BCUT2D eigenvalue weighted by Gasteiger charge is 2.13. The third-order valence-corrected chi connectivity index (χ3v) is 4.36. The number of benzene rings is 2. The van der Waals surface area contributed by atoms with Gasteiger partial charge in [-0.15, -0.1) is 0 Å². The number of aromatic hydroxyl groups is 1. The van der Waals surface area contributed by atoms with Crippen LogP contribution in [0.1, 0.15) is 12.5 Å². The summed E-state index contributed by atoms with van der Waals surface area (Å²) in [5.74, 6) is 0.0338. The van der Waals surface area contributed by atoms with Crippen molar-refractivity contribution in [1.29, 1.82) is 5.26 Å². The molecule has 0 aliphatic carbocycles. The fourth-order valence-electron chi connectivity index (χ4n) is 2.02. The third-order valence-electron chi connectivity index (χ3n) is 3.15. The van der Waals surface area contributed by atoms with Gasteiger partial charge in [0.25, 0.3) is 5.91 Å². The molecule has 25 heavy (non-hydrogen) atoms. The highest BCUT2D eigenvalue weighted by Crippen LogP contribution is 2.34. The number of nitriles is 1. The van der Waals surface area contributed by atoms with Crippen molar-refractivity contribution in [2.45, 2.75) is 6.92 Å². The zero-order valence-electron chi connectivity index (χ0n) is 13.2. The van der Waals surface area contributed by atoms with Gasteiger partial charge in [-0.2, -0.15) is 5.26 Å². The largest absolute Gasteiger partial charge is 0.506 e. The maximum absolute atomic E-state index is 12.4. The van der Waals surface area contributed by atoms with Crippen LogP contribution in [0.3, 0.4) is 0 Å². The maximum atomic E-state index is 12.4. The molecular formula is C18H14Br2N2O3. The van der Waals surface area contributed by atoms with Crippen molar-refractivity contribution in [2.24, 2.45) is 0 Å². The molecule has 0 fully saturated rings. The van der Waals surface area contributed by atoms with Gasteiger partial charge in [0.15, 0.2) is 0 Å². The Morgan fingerprint density at radius 1 is 1.32 bits per heavy atom. The number of nitrogens with zero attached hydrogens (tertiary/aromatic N) is 1. The van der Waals surface area contributed by atoms with Crippen molar-refractivity contribution < 1.29 is 14.6 Å². The summed E-state index contributed by atoms with van der Waals surface area (Å²) in [6.45, 7) is 2.31. The summed E-state index contributed by atoms with van der Waals surface area (Å²) in [5, 5.41) is 21.7. The molecule has 2 aromatic carbocycles. The van der Waals surface area contributed by atoms with Crippen LogP contribution in [0.4, 0.5) is 5.69 Å². The molecule has 0 aliphatic heterocycles. The Hall–Kier alpha value is -2.30. The summed E-state index contributed by atoms with van der Waals surface area (Å²) >= 11 is 6.43. The molecule has 2 aromatic rings. The number of ether oxygens (including phenoxy) is 1. The molecule has 1 amide bonds. The first-order valence-corrected chi connectivity index (χ1v) is 8.87. The van der Waals surface area contributed by atoms with Crippen LogP contribution in [-0.4, -0.2) is 17.6 Å². The number of nitrogens with one attached hydrogen (secondary N) is 1. The number of phenolic OH excluding ortho intramolecular Hbond substituents is 1. The molecule has 0 spiro atoms. The molecule has 2 rings (SSSR count). The SMILES string of the molecule is CCOc1ccccc1NC(=O)/C(C#N)=C/c1cc(Br)c(O)c(Br)c1. The Balaban J connectivity index is 2.29. The Kier molecular flexibility index (Phi) is 6.62. The van der Waals surface area contributed by atoms with E-state index in [4.69, 9.17) is 4.74 Å². The standard InChI is InChI=1S/C18H14Br2N2O3/c1-2-25-16-6-4-3-5-15(16)22-18(24)12(10-21)7-11-8-13(19)17(23)14(20)9-11/h3-9,23H,2H2,1H3,(H,22,24)/b12-7+. The second-order valence-electron chi connectivity index (χ2n) is 4.89. The molecule has 128 valence electrons. The first-order valence-electron chi connectivity index (χ1n) is 7.29. The smallest absolute Gasteiger partial charge is 0.266 e. The van der Waals surface area contributed by atoms with Crippen LogP contribution in [0.2, 0.25) is 0 Å². The van der Waals surface area contributed by atoms with Crippen LogP contribution in [0.5, 0.6) is 11.5 Å². The van der Waals surface area contributed by atoms with Crippen molar-refractivity contribution in [3.05, 3.63) is 56.5 Å². The molecule has 0 atom stereocenters. The van der Waals surface area contributed by atoms with E-state index in [-0.39, 0.29) is 11.3 Å². The first-order chi connectivity index (χ1) is 12.0. The van der Waals surface area contributed by atoms with E-state index in [2.05, 4.69) is 37.2 Å². The molecule has 0 bridgehead atoms. The predicted octanol–water partition coefficient (Wildman–Crippen LogP) is 4.86. The topological polar surface area (TPSA) is 82.3 Å². The fourth-order valence-corrected chi connectivity index (χ4v) is 3.25. The van der Waals surface area contributed by atoms with E-state index < -0.39 is 5.91 Å². The minimum Gasteiger partial charge on any atom is -0.506 e. The van der Waals surface area contributed by atoms with E-state index >= 15 is 0 Å². The Bertz CT molecular complexity index is 850. The maximum Gasteiger partial charge on any atom is 0.266 e. The van der Waals surface area contributed by atoms with Gasteiger partial charge in [0, 0.05) is 0 Å². The zero-order valence-corrected chi connectivity index (χ0v) is 16.4. The van der Waals surface area contributed by atoms with Crippen molar-refractivity contribution in [3.63, 3.8) is 0 Å². The summed E-state index contributed by atoms with van der Waals surface area (Å²) in [6, 6.07) is 12.1. The summed E-state index contributed by atoms with van der Waals surface area (Å²) in [6.07, 6.45) is 1.44. The summed E-state index contributed by atoms with van der Waals surface area (Å²) in [5.41, 5.74) is 1.00. The minimum atomic E-state index is -0.546. The average molecular weight is 466 g/mol. The van der Waals surface area contributed by atoms with Crippen molar-refractivity contribution in [3.8, 4) is 17.6 Å². The Morgan fingerprint density at radius 2 is 1.96 bits per heavy atom. The van der Waals surface area contributed by atoms with Gasteiger partial charge < -0.3 is 15.2 Å². The monoisotopic (exact) mass is 464 g/mol. The van der Waals surface area contributed by atoms with Crippen molar-refractivity contribution >= 4 is 49.5 Å². The lowest BCUT2D eigenvalue weighted by atomic mass is 10.1. The van der Waals surface area contributed by atoms with Crippen LogP contribution >= 0.6 is 31.9 Å². The van der Waals surface area contributed by atoms with Gasteiger partial charge in [-0.1, -0.05) is 12.1 Å². The fraction of sp³-hybridized carbons (Fsp3) is 0.111. The van der Waals surface area contributed by atoms with Gasteiger partial charge in [0.1, 0.15) is 23.1 Å². The molecule has 0 heterocycles. The number of rotatable bonds is 5. The third kappa shape index (κ3) is 4.84. The van der Waals surface area contributed by atoms with Gasteiger partial charge in [-0.25, -0.2) is 0 Å². The lowest BCUT2D eigenvalue weighted by Crippen LogP contribution is -2.14. The Labute approximate surface area is 162 Å². The lowest BCUT2D eigenvalue weighted by molar-refractivity contribution is -0.112. The van der Waals surface area contributed by atoms with Crippen LogP contribution < -0.4 is 10.1 Å². The van der Waals surface area contributed by atoms with Crippen LogP contribution in [-0.2, 0) is 4.79 Å². The summed E-state index contributed by atoms with van der Waals surface area (Å²) < 4.78 is 6.36. The first kappa shape index (κ1) is 19.0. The molecule has 0 radical (unpaired) electrons. The van der Waals surface area contributed by atoms with E-state index in [0.717, 1.165) is 0 Å². The van der Waals surface area contributed by atoms with E-state index in [1.807, 2.05) is 13.0 Å². The molecule has 0 saturated heterocycles. The van der Waals surface area contributed by atoms with Gasteiger partial charge in [-0.05, 0) is 74.7 Å². The van der Waals surface area contributed by atoms with Crippen LogP contribution in [0, 0.1) is 11.3 Å². The molecule has 5 nitrogen and oxygen atoms in total. The predicted molar refractivity (Wildman–Crippen MR) is 103 cm³/mol. The molecule has 7 heteroatoms. The minimum absolute atomic E-state index is 0.0470. The zero-order chi connectivity index (χ0) is 18.4. The highest BCUT2D eigenvalue weighted by molar-refractivity contribution is 9.11. The van der Waals surface area contributed by atoms with Gasteiger partial charge in [0.2, 0.25) is 0 Å². The normalized spacial score (nSPS) is 10.9. The lowest BCUT2D eigenvalue weighted by Gasteiger charge is -2.11. The van der Waals surface area contributed by atoms with Gasteiger partial charge in [-0.3, -0.25) is 4.79 Å². The quantitative estimate of drug-likeness (QED) is 0.487. The molecule has 0 aliphatic rings.